The quantitative estimate of drug-likeness (QED) is 0.647. The van der Waals surface area contributed by atoms with Crippen LogP contribution in [-0.2, 0) is 19.6 Å². The number of rotatable bonds is 5. The van der Waals surface area contributed by atoms with Crippen LogP contribution in [0.25, 0.3) is 0 Å². The Morgan fingerprint density at radius 3 is 2.50 bits per heavy atom. The first-order valence-corrected chi connectivity index (χ1v) is 14.1. The molecule has 0 N–H and O–H groups in total. The highest BCUT2D eigenvalue weighted by molar-refractivity contribution is 7.99. The van der Waals surface area contributed by atoms with E-state index < -0.39 is 10.0 Å². The second-order valence-electron chi connectivity index (χ2n) is 9.17. The van der Waals surface area contributed by atoms with Crippen molar-refractivity contribution in [2.45, 2.75) is 67.7 Å². The number of amides is 2. The number of carbonyl (C=O) groups excluding carboxylic acids is 2. The molecule has 2 fully saturated rings. The first kappa shape index (κ1) is 23.6. The number of likely N-dealkylation sites (N-methyl/N-ethyl adjacent to an activating group) is 1. The largest absolute Gasteiger partial charge is 0.341 e. The van der Waals surface area contributed by atoms with Crippen molar-refractivity contribution in [3.8, 4) is 0 Å². The molecule has 0 bridgehead atoms. The molecule has 0 spiro atoms. The van der Waals surface area contributed by atoms with Gasteiger partial charge in [-0.15, -0.1) is 11.8 Å². The van der Waals surface area contributed by atoms with Gasteiger partial charge in [0.15, 0.2) is 0 Å². The third-order valence-corrected chi connectivity index (χ3v) is 10.1. The van der Waals surface area contributed by atoms with Gasteiger partial charge >= 0.3 is 0 Å². The van der Waals surface area contributed by atoms with E-state index in [1.54, 1.807) is 34.9 Å². The van der Waals surface area contributed by atoms with Gasteiger partial charge in [-0.05, 0) is 43.9 Å². The monoisotopic (exact) mass is 479 g/mol. The van der Waals surface area contributed by atoms with Crippen molar-refractivity contribution in [1.29, 1.82) is 0 Å². The first-order valence-electron chi connectivity index (χ1n) is 11.6. The zero-order valence-electron chi connectivity index (χ0n) is 19.0. The predicted octanol–water partition coefficient (Wildman–Crippen LogP) is 3.34. The van der Waals surface area contributed by atoms with Crippen molar-refractivity contribution >= 4 is 39.3 Å². The van der Waals surface area contributed by atoms with Gasteiger partial charge in [-0.1, -0.05) is 26.2 Å². The minimum atomic E-state index is -3.61. The maximum Gasteiger partial charge on any atom is 0.243 e. The van der Waals surface area contributed by atoms with Crippen LogP contribution in [0.3, 0.4) is 0 Å². The zero-order chi connectivity index (χ0) is 22.9. The van der Waals surface area contributed by atoms with Crippen molar-refractivity contribution in [3.63, 3.8) is 0 Å². The Morgan fingerprint density at radius 1 is 1.12 bits per heavy atom. The fourth-order valence-electron chi connectivity index (χ4n) is 4.82. The molecule has 1 aliphatic carbocycles. The number of sulfonamides is 1. The van der Waals surface area contributed by atoms with E-state index in [0.717, 1.165) is 43.4 Å². The number of nitrogens with zero attached hydrogens (tertiary/aromatic N) is 3. The van der Waals surface area contributed by atoms with Gasteiger partial charge in [0.1, 0.15) is 6.54 Å². The van der Waals surface area contributed by atoms with Gasteiger partial charge in [-0.2, -0.15) is 4.31 Å². The molecule has 2 amide bonds. The van der Waals surface area contributed by atoms with Crippen LogP contribution >= 0.6 is 11.8 Å². The standard InChI is InChI=1S/C23H33N3O4S2/c1-17-16-31-21-11-10-19(32(29,30)25-12-6-7-13-25)14-20(21)26(23(17)28)15-22(27)24(2)18-8-4-3-5-9-18/h10-11,14,17-18H,3-9,12-13,15-16H2,1-2H3/t17-/m0/s1. The van der Waals surface area contributed by atoms with Crippen LogP contribution in [0.2, 0.25) is 0 Å². The van der Waals surface area contributed by atoms with E-state index >= 15 is 0 Å². The Bertz CT molecular complexity index is 969. The van der Waals surface area contributed by atoms with Crippen LogP contribution in [0.15, 0.2) is 28.0 Å². The molecule has 2 heterocycles. The Kier molecular flexibility index (Phi) is 7.17. The van der Waals surface area contributed by atoms with Gasteiger partial charge in [0, 0.05) is 42.7 Å². The second kappa shape index (κ2) is 9.73. The molecule has 4 rings (SSSR count). The summed E-state index contributed by atoms with van der Waals surface area (Å²) in [7, 11) is -1.78. The number of carbonyl (C=O) groups is 2. The fraction of sp³-hybridized carbons (Fsp3) is 0.652. The predicted molar refractivity (Wildman–Crippen MR) is 126 cm³/mol. The molecular formula is C23H33N3O4S2. The number of thioether (sulfide) groups is 1. The molecule has 1 aromatic rings. The molecule has 0 unspecified atom stereocenters. The molecule has 0 radical (unpaired) electrons. The van der Waals surface area contributed by atoms with Gasteiger partial charge in [0.25, 0.3) is 0 Å². The Hall–Kier alpha value is -1.58. The molecule has 9 heteroatoms. The van der Waals surface area contributed by atoms with E-state index in [1.165, 1.54) is 15.6 Å². The summed E-state index contributed by atoms with van der Waals surface area (Å²) in [6.07, 6.45) is 7.18. The lowest BCUT2D eigenvalue weighted by molar-refractivity contribution is -0.133. The van der Waals surface area contributed by atoms with E-state index in [9.17, 15) is 18.0 Å². The topological polar surface area (TPSA) is 78.0 Å². The van der Waals surface area contributed by atoms with Gasteiger partial charge in [0.05, 0.1) is 10.6 Å². The van der Waals surface area contributed by atoms with Crippen LogP contribution in [0.4, 0.5) is 5.69 Å². The summed E-state index contributed by atoms with van der Waals surface area (Å²) in [6.45, 7) is 2.86. The van der Waals surface area contributed by atoms with Gasteiger partial charge in [-0.25, -0.2) is 8.42 Å². The van der Waals surface area contributed by atoms with Crippen molar-refractivity contribution < 1.29 is 18.0 Å². The molecular weight excluding hydrogens is 446 g/mol. The van der Waals surface area contributed by atoms with Gasteiger partial charge < -0.3 is 9.80 Å². The number of hydrogen-bond acceptors (Lipinski definition) is 5. The number of benzene rings is 1. The molecule has 2 aliphatic heterocycles. The Labute approximate surface area is 195 Å². The van der Waals surface area contributed by atoms with Gasteiger partial charge in [0.2, 0.25) is 21.8 Å². The summed E-state index contributed by atoms with van der Waals surface area (Å²) in [5.41, 5.74) is 0.537. The van der Waals surface area contributed by atoms with Crippen LogP contribution in [0.1, 0.15) is 51.9 Å². The summed E-state index contributed by atoms with van der Waals surface area (Å²) in [6, 6.07) is 5.23. The Morgan fingerprint density at radius 2 is 1.81 bits per heavy atom. The summed E-state index contributed by atoms with van der Waals surface area (Å²) >= 11 is 1.54. The lowest BCUT2D eigenvalue weighted by Gasteiger charge is -2.33. The molecule has 1 saturated heterocycles. The van der Waals surface area contributed by atoms with Crippen molar-refractivity contribution in [1.82, 2.24) is 9.21 Å². The van der Waals surface area contributed by atoms with E-state index in [-0.39, 0.29) is 35.2 Å². The Balaban J connectivity index is 1.64. The SMILES string of the molecule is C[C@H]1CSc2ccc(S(=O)(=O)N3CCCC3)cc2N(CC(=O)N(C)C2CCCCC2)C1=O. The molecule has 32 heavy (non-hydrogen) atoms. The lowest BCUT2D eigenvalue weighted by Crippen LogP contribution is -2.47. The summed E-state index contributed by atoms with van der Waals surface area (Å²) in [4.78, 5) is 30.8. The third-order valence-electron chi connectivity index (χ3n) is 6.91. The first-order chi connectivity index (χ1) is 15.3. The molecule has 3 aliphatic rings. The summed E-state index contributed by atoms with van der Waals surface area (Å²) in [5.74, 6) is 0.131. The van der Waals surface area contributed by atoms with Crippen molar-refractivity contribution in [2.24, 2.45) is 5.92 Å². The molecule has 1 aromatic carbocycles. The van der Waals surface area contributed by atoms with Crippen LogP contribution in [-0.4, -0.2) is 67.9 Å². The lowest BCUT2D eigenvalue weighted by atomic mass is 9.94. The maximum absolute atomic E-state index is 13.2. The summed E-state index contributed by atoms with van der Waals surface area (Å²) < 4.78 is 27.8. The average Bonchev–Trinajstić information content (AvgIpc) is 3.33. The van der Waals surface area contributed by atoms with E-state index in [2.05, 4.69) is 0 Å². The van der Waals surface area contributed by atoms with Crippen molar-refractivity contribution in [2.75, 3.05) is 37.3 Å². The maximum atomic E-state index is 13.2. The average molecular weight is 480 g/mol. The van der Waals surface area contributed by atoms with Crippen LogP contribution in [0.5, 0.6) is 0 Å². The minimum absolute atomic E-state index is 0.0586. The number of anilines is 1. The minimum Gasteiger partial charge on any atom is -0.341 e. The smallest absolute Gasteiger partial charge is 0.243 e. The summed E-state index contributed by atoms with van der Waals surface area (Å²) in [5, 5.41) is 0. The number of hydrogen-bond donors (Lipinski definition) is 0. The normalized spacial score (nSPS) is 23.1. The van der Waals surface area contributed by atoms with E-state index in [1.807, 2.05) is 14.0 Å². The highest BCUT2D eigenvalue weighted by Crippen LogP contribution is 2.38. The zero-order valence-corrected chi connectivity index (χ0v) is 20.6. The third kappa shape index (κ3) is 4.70. The molecule has 7 nitrogen and oxygen atoms in total. The van der Waals surface area contributed by atoms with E-state index in [4.69, 9.17) is 0 Å². The highest BCUT2D eigenvalue weighted by Gasteiger charge is 2.34. The molecule has 176 valence electrons. The molecule has 0 aromatic heterocycles. The molecule has 1 saturated carbocycles. The van der Waals surface area contributed by atoms with Crippen LogP contribution in [0, 0.1) is 5.92 Å². The van der Waals surface area contributed by atoms with Crippen molar-refractivity contribution in [3.05, 3.63) is 18.2 Å². The van der Waals surface area contributed by atoms with Gasteiger partial charge in [-0.3, -0.25) is 9.59 Å². The number of fused-ring (bicyclic) bond motifs is 1. The van der Waals surface area contributed by atoms with E-state index in [0.29, 0.717) is 24.5 Å². The second-order valence-corrected chi connectivity index (χ2v) is 12.2. The van der Waals surface area contributed by atoms with Crippen LogP contribution < -0.4 is 4.90 Å². The molecule has 1 atom stereocenters. The fourth-order valence-corrected chi connectivity index (χ4v) is 7.41. The highest BCUT2D eigenvalue weighted by atomic mass is 32.2.